The topological polar surface area (TPSA) is 177 Å². The number of carbonyl (C=O) groups is 2. The molecule has 0 aliphatic carbocycles. The number of aliphatic carboxylic acids is 1. The first kappa shape index (κ1) is 18.7. The van der Waals surface area contributed by atoms with Crippen molar-refractivity contribution in [2.45, 2.75) is 49.3 Å². The number of carbonyl (C=O) groups excluding carboxylic acids is 1. The molecule has 0 bridgehead atoms. The van der Waals surface area contributed by atoms with Gasteiger partial charge in [0.15, 0.2) is 6.17 Å². The molecule has 0 aromatic rings. The first-order valence-corrected chi connectivity index (χ1v) is 6.26. The van der Waals surface area contributed by atoms with E-state index in [4.69, 9.17) is 10.2 Å². The van der Waals surface area contributed by atoms with Crippen LogP contribution in [-0.4, -0.2) is 91.5 Å². The summed E-state index contributed by atoms with van der Waals surface area (Å²) < 4.78 is 18.5. The van der Waals surface area contributed by atoms with Crippen molar-refractivity contribution in [3.05, 3.63) is 0 Å². The number of rotatable bonds is 5. The first-order valence-electron chi connectivity index (χ1n) is 6.26. The molecule has 0 aromatic heterocycles. The highest BCUT2D eigenvalue weighted by molar-refractivity contribution is 5.77. The highest BCUT2D eigenvalue weighted by atomic mass is 19.1. The molecule has 128 valence electrons. The molecule has 0 spiro atoms. The van der Waals surface area contributed by atoms with Crippen molar-refractivity contribution in [2.24, 2.45) is 0 Å². The summed E-state index contributed by atoms with van der Waals surface area (Å²) in [6.45, 7) is 0.0400. The molecule has 1 saturated heterocycles. The number of alkyl halides is 1. The van der Waals surface area contributed by atoms with Crippen LogP contribution in [0.2, 0.25) is 0 Å². The maximum absolute atomic E-state index is 13.9. The third-order valence-electron chi connectivity index (χ3n) is 3.31. The monoisotopic (exact) mass is 327 g/mol. The molecule has 7 atom stereocenters. The van der Waals surface area contributed by atoms with Crippen molar-refractivity contribution in [3.63, 3.8) is 0 Å². The van der Waals surface area contributed by atoms with Gasteiger partial charge in [-0.25, -0.2) is 9.18 Å². The van der Waals surface area contributed by atoms with Crippen molar-refractivity contribution >= 4 is 11.9 Å². The Morgan fingerprint density at radius 1 is 1.41 bits per heavy atom. The summed E-state index contributed by atoms with van der Waals surface area (Å²) in [6, 6.07) is -1.66. The SMILES string of the molecule is CC(=O)NC1C(O)C(F)[C@](O)(C(=O)O)O[C@H]1[C@H](O)[C@H](O)CO. The van der Waals surface area contributed by atoms with Gasteiger partial charge in [0.05, 0.1) is 12.6 Å². The van der Waals surface area contributed by atoms with Crippen LogP contribution in [-0.2, 0) is 14.3 Å². The number of ether oxygens (including phenoxy) is 1. The number of amides is 1. The summed E-state index contributed by atoms with van der Waals surface area (Å²) in [7, 11) is 0. The first-order chi connectivity index (χ1) is 10.1. The fourth-order valence-corrected chi connectivity index (χ4v) is 2.13. The largest absolute Gasteiger partial charge is 0.477 e. The Kier molecular flexibility index (Phi) is 5.78. The number of aliphatic hydroxyl groups excluding tert-OH is 4. The third-order valence-corrected chi connectivity index (χ3v) is 3.31. The number of hydrogen-bond acceptors (Lipinski definition) is 8. The maximum Gasteiger partial charge on any atom is 0.367 e. The molecule has 0 aromatic carbocycles. The number of halogens is 1. The molecule has 7 N–H and O–H groups in total. The van der Waals surface area contributed by atoms with E-state index in [1.54, 1.807) is 0 Å². The summed E-state index contributed by atoms with van der Waals surface area (Å²) in [4.78, 5) is 22.1. The Bertz CT molecular complexity index is 436. The van der Waals surface area contributed by atoms with E-state index in [9.17, 15) is 34.4 Å². The fourth-order valence-electron chi connectivity index (χ4n) is 2.13. The lowest BCUT2D eigenvalue weighted by Crippen LogP contribution is -2.72. The molecular weight excluding hydrogens is 309 g/mol. The maximum atomic E-state index is 13.9. The lowest BCUT2D eigenvalue weighted by Gasteiger charge is -2.46. The zero-order valence-electron chi connectivity index (χ0n) is 11.5. The van der Waals surface area contributed by atoms with Gasteiger partial charge in [0.25, 0.3) is 0 Å². The molecule has 1 heterocycles. The fraction of sp³-hybridized carbons (Fsp3) is 0.818. The van der Waals surface area contributed by atoms with E-state index in [-0.39, 0.29) is 0 Å². The van der Waals surface area contributed by atoms with Crippen LogP contribution in [0.25, 0.3) is 0 Å². The Labute approximate surface area is 123 Å². The lowest BCUT2D eigenvalue weighted by atomic mass is 9.87. The van der Waals surface area contributed by atoms with E-state index in [2.05, 4.69) is 4.74 Å². The van der Waals surface area contributed by atoms with Crippen molar-refractivity contribution < 1.29 is 49.4 Å². The number of hydrogen-bond donors (Lipinski definition) is 7. The molecule has 3 unspecified atom stereocenters. The van der Waals surface area contributed by atoms with Crippen LogP contribution in [0.15, 0.2) is 0 Å². The van der Waals surface area contributed by atoms with Crippen LogP contribution in [0.4, 0.5) is 4.39 Å². The van der Waals surface area contributed by atoms with Crippen molar-refractivity contribution in [2.75, 3.05) is 6.61 Å². The lowest BCUT2D eigenvalue weighted by molar-refractivity contribution is -0.320. The van der Waals surface area contributed by atoms with Crippen LogP contribution in [0.5, 0.6) is 0 Å². The minimum absolute atomic E-state index is 0.767. The molecule has 1 aliphatic rings. The van der Waals surface area contributed by atoms with Crippen molar-refractivity contribution in [1.82, 2.24) is 5.32 Å². The molecule has 1 fully saturated rings. The minimum Gasteiger partial charge on any atom is -0.477 e. The van der Waals surface area contributed by atoms with Crippen LogP contribution in [0.1, 0.15) is 6.92 Å². The van der Waals surface area contributed by atoms with Gasteiger partial charge in [-0.05, 0) is 0 Å². The molecule has 1 rings (SSSR count). The summed E-state index contributed by atoms with van der Waals surface area (Å²) in [6.07, 6.45) is -10.8. The van der Waals surface area contributed by atoms with Gasteiger partial charge in [-0.15, -0.1) is 0 Å². The average molecular weight is 327 g/mol. The van der Waals surface area contributed by atoms with Gasteiger partial charge in [0, 0.05) is 6.92 Å². The van der Waals surface area contributed by atoms with Gasteiger partial charge < -0.3 is 40.7 Å². The van der Waals surface area contributed by atoms with Gasteiger partial charge in [0.1, 0.15) is 24.4 Å². The third kappa shape index (κ3) is 3.34. The second-order valence-corrected chi connectivity index (χ2v) is 4.94. The zero-order chi connectivity index (χ0) is 17.2. The predicted molar refractivity (Wildman–Crippen MR) is 65.1 cm³/mol. The van der Waals surface area contributed by atoms with Crippen LogP contribution in [0, 0.1) is 0 Å². The van der Waals surface area contributed by atoms with Crippen LogP contribution in [0.3, 0.4) is 0 Å². The number of nitrogens with one attached hydrogen (secondary N) is 1. The van der Waals surface area contributed by atoms with Gasteiger partial charge in [0.2, 0.25) is 5.91 Å². The minimum atomic E-state index is -3.49. The second kappa shape index (κ2) is 6.81. The molecule has 0 radical (unpaired) electrons. The molecule has 10 nitrogen and oxygen atoms in total. The van der Waals surface area contributed by atoms with E-state index in [1.165, 1.54) is 0 Å². The van der Waals surface area contributed by atoms with Crippen molar-refractivity contribution in [1.29, 1.82) is 0 Å². The standard InChI is InChI=1S/C11H18FNO9/c1-3(15)13-5-7(18)9(12)11(21,10(19)20)22-8(5)6(17)4(16)2-14/h4-9,14,16-18,21H,2H2,1H3,(H,13,15)(H,19,20)/t4-,5?,6-,7?,8-,9?,11-/m1/s1. The van der Waals surface area contributed by atoms with E-state index in [0.717, 1.165) is 6.92 Å². The second-order valence-electron chi connectivity index (χ2n) is 4.94. The van der Waals surface area contributed by atoms with Crippen LogP contribution >= 0.6 is 0 Å². The average Bonchev–Trinajstić information content (AvgIpc) is 2.45. The highest BCUT2D eigenvalue weighted by Gasteiger charge is 2.61. The highest BCUT2D eigenvalue weighted by Crippen LogP contribution is 2.32. The van der Waals surface area contributed by atoms with Gasteiger partial charge >= 0.3 is 11.8 Å². The van der Waals surface area contributed by atoms with E-state index in [0.29, 0.717) is 0 Å². The van der Waals surface area contributed by atoms with Gasteiger partial charge in [-0.2, -0.15) is 0 Å². The molecule has 11 heteroatoms. The Balaban J connectivity index is 3.19. The van der Waals surface area contributed by atoms with E-state index < -0.39 is 60.9 Å². The zero-order valence-corrected chi connectivity index (χ0v) is 11.5. The van der Waals surface area contributed by atoms with E-state index >= 15 is 0 Å². The summed E-state index contributed by atoms with van der Waals surface area (Å²) in [5.41, 5.74) is 0. The quantitative estimate of drug-likeness (QED) is 0.266. The molecular formula is C11H18FNO9. The van der Waals surface area contributed by atoms with Crippen LogP contribution < -0.4 is 5.32 Å². The van der Waals surface area contributed by atoms with E-state index in [1.807, 2.05) is 5.32 Å². The normalized spacial score (nSPS) is 38.1. The smallest absolute Gasteiger partial charge is 0.367 e. The van der Waals surface area contributed by atoms with Gasteiger partial charge in [-0.3, -0.25) is 4.79 Å². The molecule has 22 heavy (non-hydrogen) atoms. The van der Waals surface area contributed by atoms with Crippen molar-refractivity contribution in [3.8, 4) is 0 Å². The number of aliphatic hydroxyl groups is 5. The number of carboxylic acid groups (broad SMARTS) is 1. The molecule has 1 amide bonds. The Morgan fingerprint density at radius 2 is 1.95 bits per heavy atom. The Hall–Kier alpha value is -1.37. The van der Waals surface area contributed by atoms with Gasteiger partial charge in [-0.1, -0.05) is 0 Å². The Morgan fingerprint density at radius 3 is 2.36 bits per heavy atom. The summed E-state index contributed by atoms with van der Waals surface area (Å²) in [5, 5.41) is 58.4. The predicted octanol–water partition coefficient (Wildman–Crippen LogP) is -3.92. The molecule has 1 aliphatic heterocycles. The summed E-state index contributed by atoms with van der Waals surface area (Å²) >= 11 is 0. The summed E-state index contributed by atoms with van der Waals surface area (Å²) in [5.74, 6) is -6.43. The molecule has 0 saturated carbocycles. The number of carboxylic acids is 1.